The first-order chi connectivity index (χ1) is 15.8. The predicted octanol–water partition coefficient (Wildman–Crippen LogP) is 4.13. The second kappa shape index (κ2) is 6.98. The molecule has 166 valence electrons. The summed E-state index contributed by atoms with van der Waals surface area (Å²) in [6.07, 6.45) is 9.71. The van der Waals surface area contributed by atoms with Crippen LogP contribution in [0.15, 0.2) is 71.8 Å². The molecule has 1 aromatic carbocycles. The Bertz CT molecular complexity index is 1340. The van der Waals surface area contributed by atoms with Gasteiger partial charge < -0.3 is 9.84 Å². The highest BCUT2D eigenvalue weighted by Crippen LogP contribution is 2.58. The van der Waals surface area contributed by atoms with Crippen LogP contribution in [0.5, 0.6) is 0 Å². The van der Waals surface area contributed by atoms with Gasteiger partial charge in [0.25, 0.3) is 0 Å². The van der Waals surface area contributed by atoms with Crippen molar-refractivity contribution in [1.82, 2.24) is 4.98 Å². The smallest absolute Gasteiger partial charge is 0.307 e. The van der Waals surface area contributed by atoms with Crippen LogP contribution >= 0.6 is 0 Å². The first-order valence-corrected chi connectivity index (χ1v) is 11.3. The van der Waals surface area contributed by atoms with Crippen LogP contribution in [0.3, 0.4) is 0 Å². The van der Waals surface area contributed by atoms with Crippen LogP contribution in [0.4, 0.5) is 0 Å². The van der Waals surface area contributed by atoms with E-state index < -0.39 is 17.3 Å². The number of hydrogen-bond donors (Lipinski definition) is 1. The Morgan fingerprint density at radius 3 is 2.82 bits per heavy atom. The number of allylic oxidation sites excluding steroid dienone is 4. The lowest BCUT2D eigenvalue weighted by molar-refractivity contribution is -0.144. The number of fused-ring (bicyclic) bond motifs is 4. The van der Waals surface area contributed by atoms with Gasteiger partial charge in [-0.1, -0.05) is 31.2 Å². The van der Waals surface area contributed by atoms with Crippen molar-refractivity contribution in [2.24, 2.45) is 17.3 Å². The molecular weight excluding hydrogens is 418 g/mol. The number of carbonyl (C=O) groups is 3. The lowest BCUT2D eigenvalue weighted by Gasteiger charge is -2.44. The maximum Gasteiger partial charge on any atom is 0.307 e. The third-order valence-electron chi connectivity index (χ3n) is 7.88. The van der Waals surface area contributed by atoms with Gasteiger partial charge in [-0.15, -0.1) is 0 Å². The minimum absolute atomic E-state index is 0.00574. The number of ether oxygens (including phenoxy) is 1. The quantitative estimate of drug-likeness (QED) is 0.753. The third kappa shape index (κ3) is 2.93. The van der Waals surface area contributed by atoms with Crippen molar-refractivity contribution in [3.63, 3.8) is 0 Å². The predicted molar refractivity (Wildman–Crippen MR) is 120 cm³/mol. The molecule has 1 aliphatic heterocycles. The van der Waals surface area contributed by atoms with Crippen LogP contribution in [0, 0.1) is 17.3 Å². The summed E-state index contributed by atoms with van der Waals surface area (Å²) in [5.41, 5.74) is 1.89. The van der Waals surface area contributed by atoms with Crippen LogP contribution in [-0.4, -0.2) is 33.7 Å². The topological polar surface area (TPSA) is 93.6 Å². The molecule has 6 nitrogen and oxygen atoms in total. The number of hydrogen-bond acceptors (Lipinski definition) is 5. The number of benzene rings is 1. The minimum atomic E-state index is -0.983. The van der Waals surface area contributed by atoms with E-state index in [2.05, 4.69) is 24.1 Å². The van der Waals surface area contributed by atoms with Gasteiger partial charge in [0.15, 0.2) is 5.78 Å². The molecule has 4 aliphatic rings. The molecule has 6 rings (SSSR count). The highest BCUT2D eigenvalue weighted by atomic mass is 16.5. The van der Waals surface area contributed by atoms with E-state index >= 15 is 0 Å². The number of aliphatic carboxylic acids is 1. The fraction of sp³-hybridized carbons (Fsp3) is 0.333. The Morgan fingerprint density at radius 1 is 1.15 bits per heavy atom. The van der Waals surface area contributed by atoms with E-state index in [-0.39, 0.29) is 42.3 Å². The summed E-state index contributed by atoms with van der Waals surface area (Å²) >= 11 is 0. The standard InChI is InChI=1S/C27H23NO5/c1-27-6-4-16-9-19-21(29)10-17(26(31)32)11-23(19)33-25(16)20(27)12-22(30)24(27)15-3-2-14-5-7-28-13-18(14)8-15/h2-9,13,17,20,24-25H,10-12H2,1H3,(H,31,32)/t17?,20-,24-,25+,27-/m0/s1. The van der Waals surface area contributed by atoms with Gasteiger partial charge in [0.1, 0.15) is 17.6 Å². The second-order valence-corrected chi connectivity index (χ2v) is 9.78. The SMILES string of the molecule is C[C@]12C=CC3=CC4=C(CC(C(=O)O)CC4=O)O[C@H]3[C@@H]1CC(=O)[C@@H]2c1ccc2ccncc2c1. The zero-order chi connectivity index (χ0) is 22.9. The maximum atomic E-state index is 13.4. The number of carboxylic acid groups (broad SMARTS) is 1. The van der Waals surface area contributed by atoms with Crippen molar-refractivity contribution >= 4 is 28.3 Å². The molecule has 0 saturated heterocycles. The molecule has 0 spiro atoms. The van der Waals surface area contributed by atoms with Crippen LogP contribution in [0.25, 0.3) is 10.8 Å². The summed E-state index contributed by atoms with van der Waals surface area (Å²) in [6, 6.07) is 8.06. The first kappa shape index (κ1) is 20.1. The van der Waals surface area contributed by atoms with Crippen molar-refractivity contribution in [2.75, 3.05) is 0 Å². The molecule has 0 bridgehead atoms. The van der Waals surface area contributed by atoms with Gasteiger partial charge in [0.05, 0.1) is 17.4 Å². The molecule has 2 aromatic rings. The van der Waals surface area contributed by atoms with Crippen molar-refractivity contribution in [3.8, 4) is 0 Å². The third-order valence-corrected chi connectivity index (χ3v) is 7.88. The molecular formula is C27H23NO5. The molecule has 0 amide bonds. The minimum Gasteiger partial charge on any atom is -0.489 e. The Labute approximate surface area is 190 Å². The van der Waals surface area contributed by atoms with Crippen LogP contribution in [0.1, 0.15) is 37.7 Å². The molecule has 0 radical (unpaired) electrons. The van der Waals surface area contributed by atoms with E-state index in [0.717, 1.165) is 21.9 Å². The van der Waals surface area contributed by atoms with Gasteiger partial charge in [-0.25, -0.2) is 0 Å². The lowest BCUT2D eigenvalue weighted by atomic mass is 9.64. The summed E-state index contributed by atoms with van der Waals surface area (Å²) in [4.78, 5) is 41.7. The van der Waals surface area contributed by atoms with Gasteiger partial charge in [-0.3, -0.25) is 19.4 Å². The number of carbonyl (C=O) groups excluding carboxylic acids is 2. The summed E-state index contributed by atoms with van der Waals surface area (Å²) in [5, 5.41) is 11.5. The molecule has 1 saturated carbocycles. The molecule has 1 unspecified atom stereocenters. The van der Waals surface area contributed by atoms with Gasteiger partial charge in [-0.05, 0) is 34.7 Å². The fourth-order valence-corrected chi connectivity index (χ4v) is 6.14. The average Bonchev–Trinajstić information content (AvgIpc) is 3.08. The van der Waals surface area contributed by atoms with Gasteiger partial charge >= 0.3 is 5.97 Å². The van der Waals surface area contributed by atoms with Crippen molar-refractivity contribution in [3.05, 3.63) is 77.4 Å². The summed E-state index contributed by atoms with van der Waals surface area (Å²) < 4.78 is 6.34. The largest absolute Gasteiger partial charge is 0.489 e. The highest BCUT2D eigenvalue weighted by Gasteiger charge is 2.57. The summed E-state index contributed by atoms with van der Waals surface area (Å²) in [7, 11) is 0. The van der Waals surface area contributed by atoms with E-state index in [1.807, 2.05) is 36.5 Å². The monoisotopic (exact) mass is 441 g/mol. The fourth-order valence-electron chi connectivity index (χ4n) is 6.14. The molecule has 3 aliphatic carbocycles. The number of pyridine rings is 1. The molecule has 33 heavy (non-hydrogen) atoms. The molecule has 1 aromatic heterocycles. The van der Waals surface area contributed by atoms with Crippen LogP contribution in [0.2, 0.25) is 0 Å². The van der Waals surface area contributed by atoms with Crippen LogP contribution in [-0.2, 0) is 19.1 Å². The Kier molecular flexibility index (Phi) is 4.25. The average molecular weight is 441 g/mol. The zero-order valence-corrected chi connectivity index (χ0v) is 18.2. The number of Topliss-reactive ketones (excluding diaryl/α,β-unsaturated/α-hetero) is 2. The van der Waals surface area contributed by atoms with Crippen LogP contribution < -0.4 is 0 Å². The van der Waals surface area contributed by atoms with Gasteiger partial charge in [0, 0.05) is 48.4 Å². The van der Waals surface area contributed by atoms with E-state index in [9.17, 15) is 19.5 Å². The maximum absolute atomic E-state index is 13.4. The van der Waals surface area contributed by atoms with Gasteiger partial charge in [-0.2, -0.15) is 0 Å². The Hall–Kier alpha value is -3.54. The molecule has 6 heteroatoms. The summed E-state index contributed by atoms with van der Waals surface area (Å²) in [6.45, 7) is 2.10. The van der Waals surface area contributed by atoms with E-state index in [1.165, 1.54) is 0 Å². The Balaban J connectivity index is 1.38. The van der Waals surface area contributed by atoms with Gasteiger partial charge in [0.2, 0.25) is 0 Å². The Morgan fingerprint density at radius 2 is 2.00 bits per heavy atom. The normalized spacial score (nSPS) is 32.7. The van der Waals surface area contributed by atoms with E-state index in [0.29, 0.717) is 17.8 Å². The zero-order valence-electron chi connectivity index (χ0n) is 18.2. The first-order valence-electron chi connectivity index (χ1n) is 11.3. The summed E-state index contributed by atoms with van der Waals surface area (Å²) in [5.74, 6) is -1.71. The lowest BCUT2D eigenvalue weighted by Crippen LogP contribution is -2.41. The molecule has 2 heterocycles. The molecule has 5 atom stereocenters. The van der Waals surface area contributed by atoms with Crippen molar-refractivity contribution < 1.29 is 24.2 Å². The highest BCUT2D eigenvalue weighted by molar-refractivity contribution is 6.02. The number of carboxylic acids is 1. The molecule has 1 fully saturated rings. The van der Waals surface area contributed by atoms with Crippen molar-refractivity contribution in [1.29, 1.82) is 0 Å². The molecule has 1 N–H and O–H groups in total. The van der Waals surface area contributed by atoms with E-state index in [1.54, 1.807) is 6.20 Å². The number of nitrogens with zero attached hydrogens (tertiary/aromatic N) is 1. The number of rotatable bonds is 2. The number of aromatic nitrogens is 1. The van der Waals surface area contributed by atoms with E-state index in [4.69, 9.17) is 4.74 Å². The van der Waals surface area contributed by atoms with Crippen molar-refractivity contribution in [2.45, 2.75) is 38.2 Å². The second-order valence-electron chi connectivity index (χ2n) is 9.78. The number of ketones is 2.